The van der Waals surface area contributed by atoms with Crippen molar-refractivity contribution in [3.05, 3.63) is 22.4 Å². The van der Waals surface area contributed by atoms with Crippen LogP contribution in [0.3, 0.4) is 0 Å². The molecule has 2 N–H and O–H groups in total. The van der Waals surface area contributed by atoms with Gasteiger partial charge in [0.1, 0.15) is 0 Å². The summed E-state index contributed by atoms with van der Waals surface area (Å²) in [6.45, 7) is 0.521. The number of hydrogen-bond acceptors (Lipinski definition) is 3. The molecule has 0 aliphatic carbocycles. The molecule has 0 fully saturated rings. The summed E-state index contributed by atoms with van der Waals surface area (Å²) in [5, 5.41) is 13.7. The molecular weight excluding hydrogens is 186 g/mol. The van der Waals surface area contributed by atoms with E-state index in [0.29, 0.717) is 13.0 Å². The van der Waals surface area contributed by atoms with Crippen LogP contribution in [0, 0.1) is 5.92 Å². The third kappa shape index (κ3) is 3.16. The van der Waals surface area contributed by atoms with Crippen LogP contribution in [0.25, 0.3) is 0 Å². The molecule has 0 bridgehead atoms. The van der Waals surface area contributed by atoms with Crippen LogP contribution in [0.5, 0.6) is 0 Å². The molecule has 1 rings (SSSR count). The minimum Gasteiger partial charge on any atom is -0.481 e. The number of aliphatic carboxylic acids is 1. The van der Waals surface area contributed by atoms with Crippen LogP contribution in [0.2, 0.25) is 0 Å². The van der Waals surface area contributed by atoms with E-state index in [1.807, 2.05) is 17.5 Å². The highest BCUT2D eigenvalue weighted by Crippen LogP contribution is 2.14. The van der Waals surface area contributed by atoms with Crippen molar-refractivity contribution in [3.63, 3.8) is 0 Å². The van der Waals surface area contributed by atoms with Gasteiger partial charge in [-0.2, -0.15) is 0 Å². The lowest BCUT2D eigenvalue weighted by Gasteiger charge is -2.09. The summed E-state index contributed by atoms with van der Waals surface area (Å²) in [5.41, 5.74) is 0. The number of carboxylic acid groups (broad SMARTS) is 1. The topological polar surface area (TPSA) is 49.3 Å². The number of carboxylic acids is 1. The van der Waals surface area contributed by atoms with Crippen LogP contribution in [0.1, 0.15) is 4.88 Å². The second-order valence-corrected chi connectivity index (χ2v) is 3.91. The molecule has 0 saturated heterocycles. The van der Waals surface area contributed by atoms with E-state index in [0.717, 1.165) is 4.88 Å². The Morgan fingerprint density at radius 1 is 1.77 bits per heavy atom. The van der Waals surface area contributed by atoms with Gasteiger partial charge in [-0.25, -0.2) is 0 Å². The average Bonchev–Trinajstić information content (AvgIpc) is 2.56. The molecule has 0 saturated carbocycles. The maximum atomic E-state index is 10.8. The minimum atomic E-state index is -0.734. The van der Waals surface area contributed by atoms with E-state index in [9.17, 15) is 4.79 Å². The number of rotatable bonds is 5. The first-order valence-electron chi connectivity index (χ1n) is 4.14. The molecule has 0 aliphatic rings. The molecule has 1 unspecified atom stereocenters. The molecule has 0 amide bonds. The normalized spacial score (nSPS) is 12.7. The number of carbonyl (C=O) groups is 1. The Morgan fingerprint density at radius 3 is 3.00 bits per heavy atom. The van der Waals surface area contributed by atoms with Gasteiger partial charge in [0, 0.05) is 11.4 Å². The summed E-state index contributed by atoms with van der Waals surface area (Å²) in [4.78, 5) is 11.9. The van der Waals surface area contributed by atoms with E-state index in [1.165, 1.54) is 0 Å². The van der Waals surface area contributed by atoms with Gasteiger partial charge >= 0.3 is 5.97 Å². The number of hydrogen-bond donors (Lipinski definition) is 2. The predicted molar refractivity (Wildman–Crippen MR) is 53.1 cm³/mol. The summed E-state index contributed by atoms with van der Waals surface area (Å²) < 4.78 is 0. The quantitative estimate of drug-likeness (QED) is 0.749. The van der Waals surface area contributed by atoms with Crippen molar-refractivity contribution in [2.75, 3.05) is 13.6 Å². The van der Waals surface area contributed by atoms with E-state index in [4.69, 9.17) is 5.11 Å². The molecule has 0 spiro atoms. The molecular formula is C9H13NO2S. The highest BCUT2D eigenvalue weighted by Gasteiger charge is 2.16. The highest BCUT2D eigenvalue weighted by molar-refractivity contribution is 7.09. The molecule has 3 nitrogen and oxygen atoms in total. The fourth-order valence-corrected chi connectivity index (χ4v) is 1.95. The SMILES string of the molecule is CNCC(Cc1cccs1)C(=O)O. The molecule has 1 aromatic rings. The average molecular weight is 199 g/mol. The van der Waals surface area contributed by atoms with Crippen LogP contribution in [-0.4, -0.2) is 24.7 Å². The van der Waals surface area contributed by atoms with Gasteiger partial charge in [-0.15, -0.1) is 11.3 Å². The first-order chi connectivity index (χ1) is 6.24. The Balaban J connectivity index is 2.52. The van der Waals surface area contributed by atoms with Gasteiger partial charge < -0.3 is 10.4 Å². The van der Waals surface area contributed by atoms with Gasteiger partial charge in [-0.3, -0.25) is 4.79 Å². The number of thiophene rings is 1. The zero-order valence-electron chi connectivity index (χ0n) is 7.49. The van der Waals surface area contributed by atoms with Gasteiger partial charge in [0.2, 0.25) is 0 Å². The molecule has 72 valence electrons. The molecule has 1 atom stereocenters. The standard InChI is InChI=1S/C9H13NO2S/c1-10-6-7(9(11)12)5-8-3-2-4-13-8/h2-4,7,10H,5-6H2,1H3,(H,11,12). The largest absolute Gasteiger partial charge is 0.481 e. The summed E-state index contributed by atoms with van der Waals surface area (Å²) in [6, 6.07) is 3.91. The summed E-state index contributed by atoms with van der Waals surface area (Å²) in [6.07, 6.45) is 0.619. The maximum absolute atomic E-state index is 10.8. The van der Waals surface area contributed by atoms with E-state index in [1.54, 1.807) is 18.4 Å². The summed E-state index contributed by atoms with van der Waals surface area (Å²) in [5.74, 6) is -1.05. The van der Waals surface area contributed by atoms with E-state index < -0.39 is 5.97 Å². The molecule has 0 aromatic carbocycles. The highest BCUT2D eigenvalue weighted by atomic mass is 32.1. The lowest BCUT2D eigenvalue weighted by Crippen LogP contribution is -2.27. The smallest absolute Gasteiger partial charge is 0.308 e. The second kappa shape index (κ2) is 4.99. The molecule has 0 radical (unpaired) electrons. The lowest BCUT2D eigenvalue weighted by molar-refractivity contribution is -0.141. The zero-order valence-corrected chi connectivity index (χ0v) is 8.30. The Labute approximate surface area is 81.4 Å². The first kappa shape index (κ1) is 10.2. The number of nitrogens with one attached hydrogen (secondary N) is 1. The fraction of sp³-hybridized carbons (Fsp3) is 0.444. The molecule has 13 heavy (non-hydrogen) atoms. The Hall–Kier alpha value is -0.870. The van der Waals surface area contributed by atoms with Crippen LogP contribution in [0.15, 0.2) is 17.5 Å². The minimum absolute atomic E-state index is 0.316. The second-order valence-electron chi connectivity index (χ2n) is 2.88. The zero-order chi connectivity index (χ0) is 9.68. The first-order valence-corrected chi connectivity index (χ1v) is 5.01. The Morgan fingerprint density at radius 2 is 2.54 bits per heavy atom. The molecule has 0 aliphatic heterocycles. The summed E-state index contributed by atoms with van der Waals surface area (Å²) in [7, 11) is 1.77. The van der Waals surface area contributed by atoms with Crippen molar-refractivity contribution in [2.45, 2.75) is 6.42 Å². The van der Waals surface area contributed by atoms with Gasteiger partial charge in [-0.1, -0.05) is 6.07 Å². The monoisotopic (exact) mass is 199 g/mol. The van der Waals surface area contributed by atoms with Crippen molar-refractivity contribution < 1.29 is 9.90 Å². The van der Waals surface area contributed by atoms with E-state index in [2.05, 4.69) is 5.32 Å². The summed E-state index contributed by atoms with van der Waals surface area (Å²) >= 11 is 1.60. The Kier molecular flexibility index (Phi) is 3.92. The van der Waals surface area contributed by atoms with Crippen molar-refractivity contribution >= 4 is 17.3 Å². The van der Waals surface area contributed by atoms with Crippen molar-refractivity contribution in [1.82, 2.24) is 5.32 Å². The van der Waals surface area contributed by atoms with Crippen LogP contribution in [-0.2, 0) is 11.2 Å². The predicted octanol–water partition coefficient (Wildman–Crippen LogP) is 1.21. The van der Waals surface area contributed by atoms with E-state index in [-0.39, 0.29) is 5.92 Å². The molecule has 1 aromatic heterocycles. The van der Waals surface area contributed by atoms with Gasteiger partial charge in [-0.05, 0) is 24.9 Å². The van der Waals surface area contributed by atoms with Crippen LogP contribution >= 0.6 is 11.3 Å². The molecule has 1 heterocycles. The molecule has 4 heteroatoms. The van der Waals surface area contributed by atoms with Crippen LogP contribution in [0.4, 0.5) is 0 Å². The van der Waals surface area contributed by atoms with Gasteiger partial charge in [0.05, 0.1) is 5.92 Å². The van der Waals surface area contributed by atoms with Crippen molar-refractivity contribution in [1.29, 1.82) is 0 Å². The van der Waals surface area contributed by atoms with Crippen molar-refractivity contribution in [2.24, 2.45) is 5.92 Å². The fourth-order valence-electron chi connectivity index (χ4n) is 1.16. The third-order valence-corrected chi connectivity index (χ3v) is 2.73. The lowest BCUT2D eigenvalue weighted by atomic mass is 10.1. The van der Waals surface area contributed by atoms with Crippen LogP contribution < -0.4 is 5.32 Å². The maximum Gasteiger partial charge on any atom is 0.308 e. The van der Waals surface area contributed by atoms with Gasteiger partial charge in [0.15, 0.2) is 0 Å². The Bertz CT molecular complexity index is 259. The van der Waals surface area contributed by atoms with E-state index >= 15 is 0 Å². The third-order valence-electron chi connectivity index (χ3n) is 1.83. The van der Waals surface area contributed by atoms with Gasteiger partial charge in [0.25, 0.3) is 0 Å². The van der Waals surface area contributed by atoms with Crippen molar-refractivity contribution in [3.8, 4) is 0 Å².